The fraction of sp³-hybridized carbons (Fsp3) is 0.500. The van der Waals surface area contributed by atoms with Gasteiger partial charge in [-0.3, -0.25) is 14.6 Å². The summed E-state index contributed by atoms with van der Waals surface area (Å²) in [6.45, 7) is 10.3. The van der Waals surface area contributed by atoms with Gasteiger partial charge in [0.05, 0.1) is 11.7 Å². The minimum atomic E-state index is -1.38. The topological polar surface area (TPSA) is 151 Å². The Balaban J connectivity index is 1.49. The van der Waals surface area contributed by atoms with E-state index >= 15 is 0 Å². The molecule has 260 valence electrons. The Labute approximate surface area is 284 Å². The lowest BCUT2D eigenvalue weighted by Gasteiger charge is -2.66. The van der Waals surface area contributed by atoms with Crippen LogP contribution >= 0.6 is 0 Å². The van der Waals surface area contributed by atoms with Crippen molar-refractivity contribution < 1.29 is 42.9 Å². The first-order chi connectivity index (χ1) is 23.2. The molecule has 2 saturated carbocycles. The molecule has 1 aromatic carbocycles. The van der Waals surface area contributed by atoms with Gasteiger partial charge in [-0.15, -0.1) is 0 Å². The Morgan fingerprint density at radius 1 is 1.02 bits per heavy atom. The number of aliphatic hydroxyl groups excluding tert-OH is 1. The molecule has 11 nitrogen and oxygen atoms in total. The smallest absolute Gasteiger partial charge is 0.345 e. The lowest BCUT2D eigenvalue weighted by Crippen LogP contribution is -2.71. The summed E-state index contributed by atoms with van der Waals surface area (Å²) < 4.78 is 30.3. The molecule has 11 heteroatoms. The zero-order valence-electron chi connectivity index (χ0n) is 28.7. The maximum absolute atomic E-state index is 13.8. The van der Waals surface area contributed by atoms with Crippen LogP contribution in [0.15, 0.2) is 64.1 Å². The molecule has 2 fully saturated rings. The number of hydrogen-bond donors (Lipinski definition) is 1. The normalized spacial score (nSPS) is 31.6. The standard InChI is InChI=1S/C38H43NO10/c1-7-23-10-12-24(13-11-23)34(43)48-30-18-28-36(4,15-14-29(46-22(3)41)37(28,5)20-45-21(2)40)33-32(42)31-27(49-38(30,33)6)17-26(47-35(31)44)25-9-8-16-39-19-25/h8-13,16-17,19,28-30,32-33,42H,7,14-15,18,20H2,1-6H3/t28?,29-,30-,32-,33?,36-,37-,38+/m0/s1. The van der Waals surface area contributed by atoms with E-state index in [1.807, 2.05) is 39.8 Å². The summed E-state index contributed by atoms with van der Waals surface area (Å²) in [5.41, 5.74) is -1.87. The van der Waals surface area contributed by atoms with Gasteiger partial charge in [0, 0.05) is 49.2 Å². The largest absolute Gasteiger partial charge is 0.482 e. The number of hydrogen-bond acceptors (Lipinski definition) is 11. The van der Waals surface area contributed by atoms with Crippen LogP contribution in [0.4, 0.5) is 0 Å². The second kappa shape index (κ2) is 12.7. The van der Waals surface area contributed by atoms with Crippen LogP contribution in [-0.2, 0) is 30.2 Å². The van der Waals surface area contributed by atoms with Gasteiger partial charge in [0.25, 0.3) is 0 Å². The third-order valence-electron chi connectivity index (χ3n) is 11.3. The summed E-state index contributed by atoms with van der Waals surface area (Å²) in [6.07, 6.45) is 2.11. The van der Waals surface area contributed by atoms with Crippen LogP contribution in [0.25, 0.3) is 11.3 Å². The Kier molecular flexibility index (Phi) is 8.94. The number of fused-ring (bicyclic) bond motifs is 4. The molecule has 0 amide bonds. The van der Waals surface area contributed by atoms with Crippen LogP contribution < -0.4 is 10.4 Å². The van der Waals surface area contributed by atoms with Crippen molar-refractivity contribution in [1.29, 1.82) is 0 Å². The number of nitrogens with zero attached hydrogens (tertiary/aromatic N) is 1. The zero-order valence-corrected chi connectivity index (χ0v) is 28.7. The number of rotatable bonds is 7. The van der Waals surface area contributed by atoms with Gasteiger partial charge in [0.2, 0.25) is 0 Å². The first-order valence-corrected chi connectivity index (χ1v) is 16.8. The number of pyridine rings is 1. The van der Waals surface area contributed by atoms with Gasteiger partial charge in [0.15, 0.2) is 0 Å². The summed E-state index contributed by atoms with van der Waals surface area (Å²) in [5.74, 6) is -2.42. The number of esters is 3. The van der Waals surface area contributed by atoms with Crippen LogP contribution in [-0.4, -0.2) is 52.4 Å². The van der Waals surface area contributed by atoms with Gasteiger partial charge in [-0.1, -0.05) is 32.9 Å². The fourth-order valence-electron chi connectivity index (χ4n) is 8.91. The zero-order chi connectivity index (χ0) is 35.3. The van der Waals surface area contributed by atoms with Gasteiger partial charge in [0.1, 0.15) is 41.5 Å². The Morgan fingerprint density at radius 3 is 2.39 bits per heavy atom. The van der Waals surface area contributed by atoms with E-state index in [1.165, 1.54) is 13.8 Å². The molecule has 3 heterocycles. The molecule has 1 aliphatic heterocycles. The maximum atomic E-state index is 13.8. The number of carbonyl (C=O) groups is 3. The quantitative estimate of drug-likeness (QED) is 0.246. The molecule has 8 atom stereocenters. The van der Waals surface area contributed by atoms with Gasteiger partial charge in [-0.05, 0) is 73.8 Å². The highest BCUT2D eigenvalue weighted by Crippen LogP contribution is 2.67. The molecule has 0 spiro atoms. The van der Waals surface area contributed by atoms with Gasteiger partial charge in [-0.25, -0.2) is 9.59 Å². The number of ether oxygens (including phenoxy) is 4. The fourth-order valence-corrected chi connectivity index (χ4v) is 8.91. The van der Waals surface area contributed by atoms with Crippen LogP contribution in [0.2, 0.25) is 0 Å². The second-order valence-electron chi connectivity index (χ2n) is 14.3. The molecule has 3 aromatic rings. The van der Waals surface area contributed by atoms with E-state index in [0.29, 0.717) is 24.0 Å². The lowest BCUT2D eigenvalue weighted by atomic mass is 9.42. The van der Waals surface area contributed by atoms with Crippen molar-refractivity contribution in [2.75, 3.05) is 6.61 Å². The van der Waals surface area contributed by atoms with Gasteiger partial charge >= 0.3 is 23.5 Å². The SMILES string of the molecule is CCc1ccc(C(=O)O[C@H]2CC3[C@](C)(CC[C@H](OC(C)=O)[C@@]3(C)COC(C)=O)C3[C@@H](O)c4c(cc(-c5cccnc5)oc4=O)O[C@@]32C)cc1. The predicted molar refractivity (Wildman–Crippen MR) is 176 cm³/mol. The summed E-state index contributed by atoms with van der Waals surface area (Å²) in [5, 5.41) is 12.3. The van der Waals surface area contributed by atoms with E-state index in [4.69, 9.17) is 23.4 Å². The van der Waals surface area contributed by atoms with Crippen molar-refractivity contribution in [3.8, 4) is 17.1 Å². The highest BCUT2D eigenvalue weighted by Gasteiger charge is 2.71. The summed E-state index contributed by atoms with van der Waals surface area (Å²) in [7, 11) is 0. The van der Waals surface area contributed by atoms with Crippen LogP contribution in [0.3, 0.4) is 0 Å². The maximum Gasteiger partial charge on any atom is 0.345 e. The van der Waals surface area contributed by atoms with Crippen LogP contribution in [0, 0.1) is 22.7 Å². The third-order valence-corrected chi connectivity index (χ3v) is 11.3. The summed E-state index contributed by atoms with van der Waals surface area (Å²) in [4.78, 5) is 56.1. The molecular formula is C38H43NO10. The molecular weight excluding hydrogens is 630 g/mol. The van der Waals surface area contributed by atoms with E-state index in [0.717, 1.165) is 12.0 Å². The minimum Gasteiger partial charge on any atom is -0.482 e. The molecule has 2 aliphatic carbocycles. The average Bonchev–Trinajstić information content (AvgIpc) is 3.06. The van der Waals surface area contributed by atoms with Crippen LogP contribution in [0.5, 0.6) is 5.75 Å². The summed E-state index contributed by atoms with van der Waals surface area (Å²) in [6, 6.07) is 12.2. The van der Waals surface area contributed by atoms with E-state index < -0.39 is 70.1 Å². The van der Waals surface area contributed by atoms with Crippen molar-refractivity contribution in [2.24, 2.45) is 22.7 Å². The molecule has 2 unspecified atom stereocenters. The number of aliphatic hydroxyl groups is 1. The van der Waals surface area contributed by atoms with Gasteiger partial charge in [-0.2, -0.15) is 0 Å². The number of aromatic nitrogens is 1. The van der Waals surface area contributed by atoms with Crippen LogP contribution in [0.1, 0.15) is 88.4 Å². The van der Waals surface area contributed by atoms with E-state index in [9.17, 15) is 24.3 Å². The van der Waals surface area contributed by atoms with Crippen molar-refractivity contribution >= 4 is 17.9 Å². The Hall–Kier alpha value is -4.51. The van der Waals surface area contributed by atoms with Gasteiger partial charge < -0.3 is 28.5 Å². The van der Waals surface area contributed by atoms with Crippen molar-refractivity contribution in [2.45, 2.75) is 91.1 Å². The molecule has 3 aliphatic rings. The minimum absolute atomic E-state index is 0.0268. The average molecular weight is 674 g/mol. The van der Waals surface area contributed by atoms with E-state index in [2.05, 4.69) is 4.98 Å². The highest BCUT2D eigenvalue weighted by molar-refractivity contribution is 5.89. The lowest BCUT2D eigenvalue weighted by molar-refractivity contribution is -0.266. The molecule has 6 rings (SSSR count). The second-order valence-corrected chi connectivity index (χ2v) is 14.3. The molecule has 0 bridgehead atoms. The van der Waals surface area contributed by atoms with Crippen molar-refractivity contribution in [3.05, 3.63) is 82.0 Å². The number of aryl methyl sites for hydroxylation is 1. The first kappa shape index (κ1) is 34.4. The molecule has 0 saturated heterocycles. The molecule has 0 radical (unpaired) electrons. The molecule has 1 N–H and O–H groups in total. The number of benzene rings is 1. The molecule has 2 aromatic heterocycles. The van der Waals surface area contributed by atoms with E-state index in [1.54, 1.807) is 42.7 Å². The van der Waals surface area contributed by atoms with E-state index in [-0.39, 0.29) is 30.1 Å². The number of carbonyl (C=O) groups excluding carboxylic acids is 3. The third kappa shape index (κ3) is 5.92. The summed E-state index contributed by atoms with van der Waals surface area (Å²) >= 11 is 0. The monoisotopic (exact) mass is 673 g/mol. The highest BCUT2D eigenvalue weighted by atomic mass is 16.6. The Morgan fingerprint density at radius 2 is 1.76 bits per heavy atom. The molecule has 49 heavy (non-hydrogen) atoms. The van der Waals surface area contributed by atoms with Crippen molar-refractivity contribution in [3.63, 3.8) is 0 Å². The Bertz CT molecular complexity index is 1810. The predicted octanol–water partition coefficient (Wildman–Crippen LogP) is 5.61. The first-order valence-electron chi connectivity index (χ1n) is 16.8. The van der Waals surface area contributed by atoms with Crippen molar-refractivity contribution in [1.82, 2.24) is 4.98 Å².